The number of ether oxygens (including phenoxy) is 1. The van der Waals surface area contributed by atoms with Gasteiger partial charge in [0.15, 0.2) is 0 Å². The van der Waals surface area contributed by atoms with Crippen LogP contribution >= 0.6 is 0 Å². The molecule has 0 aromatic heterocycles. The molecule has 0 amide bonds. The van der Waals surface area contributed by atoms with Gasteiger partial charge in [0.25, 0.3) is 0 Å². The highest BCUT2D eigenvalue weighted by Gasteiger charge is 2.12. The Labute approximate surface area is 88.4 Å². The second-order valence-corrected chi connectivity index (χ2v) is 3.92. The molecule has 0 rings (SSSR count). The van der Waals surface area contributed by atoms with Gasteiger partial charge in [-0.2, -0.15) is 0 Å². The van der Waals surface area contributed by atoms with E-state index in [0.717, 1.165) is 25.4 Å². The number of nitrogens with one attached hydrogen (secondary N) is 1. The minimum absolute atomic E-state index is 0.454. The zero-order valence-electron chi connectivity index (χ0n) is 9.88. The largest absolute Gasteiger partial charge is 0.385 e. The van der Waals surface area contributed by atoms with Crippen LogP contribution in [0.3, 0.4) is 0 Å². The Morgan fingerprint density at radius 1 is 1.29 bits per heavy atom. The number of hydrazine groups is 1. The summed E-state index contributed by atoms with van der Waals surface area (Å²) >= 11 is 0. The van der Waals surface area contributed by atoms with Gasteiger partial charge in [-0.1, -0.05) is 26.7 Å². The summed E-state index contributed by atoms with van der Waals surface area (Å²) in [6.45, 7) is 5.33. The Hall–Kier alpha value is -0.120. The Balaban J connectivity index is 3.65. The van der Waals surface area contributed by atoms with Crippen LogP contribution in [0.4, 0.5) is 0 Å². The second-order valence-electron chi connectivity index (χ2n) is 3.92. The molecule has 3 N–H and O–H groups in total. The Bertz CT molecular complexity index is 116. The molecule has 0 bridgehead atoms. The van der Waals surface area contributed by atoms with Crippen molar-refractivity contribution in [1.29, 1.82) is 0 Å². The fourth-order valence-corrected chi connectivity index (χ4v) is 1.77. The summed E-state index contributed by atoms with van der Waals surface area (Å²) in [6.07, 6.45) is 5.89. The lowest BCUT2D eigenvalue weighted by Crippen LogP contribution is -2.36. The summed E-state index contributed by atoms with van der Waals surface area (Å²) in [4.78, 5) is 0. The van der Waals surface area contributed by atoms with E-state index in [2.05, 4.69) is 19.3 Å². The standard InChI is InChI=1S/C11H26N2O/c1-4-10(5-2)9-11(13-12)7-6-8-14-3/h10-11,13H,4-9,12H2,1-3H3. The van der Waals surface area contributed by atoms with Crippen LogP contribution in [-0.4, -0.2) is 19.8 Å². The third kappa shape index (κ3) is 6.35. The topological polar surface area (TPSA) is 47.3 Å². The fourth-order valence-electron chi connectivity index (χ4n) is 1.77. The molecule has 0 spiro atoms. The Morgan fingerprint density at radius 3 is 2.36 bits per heavy atom. The van der Waals surface area contributed by atoms with Crippen LogP contribution in [-0.2, 0) is 4.74 Å². The third-order valence-corrected chi connectivity index (χ3v) is 2.91. The van der Waals surface area contributed by atoms with Gasteiger partial charge in [-0.3, -0.25) is 11.3 Å². The molecule has 0 aliphatic heterocycles. The van der Waals surface area contributed by atoms with Gasteiger partial charge >= 0.3 is 0 Å². The van der Waals surface area contributed by atoms with Crippen molar-refractivity contribution >= 4 is 0 Å². The summed E-state index contributed by atoms with van der Waals surface area (Å²) in [5.74, 6) is 6.33. The van der Waals surface area contributed by atoms with Crippen LogP contribution in [0.5, 0.6) is 0 Å². The molecule has 14 heavy (non-hydrogen) atoms. The van der Waals surface area contributed by atoms with Crippen molar-refractivity contribution in [3.8, 4) is 0 Å². The highest BCUT2D eigenvalue weighted by molar-refractivity contribution is 4.68. The lowest BCUT2D eigenvalue weighted by Gasteiger charge is -2.20. The highest BCUT2D eigenvalue weighted by atomic mass is 16.5. The molecule has 0 aromatic rings. The van der Waals surface area contributed by atoms with Crippen LogP contribution in [0.1, 0.15) is 46.0 Å². The molecule has 0 aliphatic carbocycles. The van der Waals surface area contributed by atoms with Crippen molar-refractivity contribution in [2.75, 3.05) is 13.7 Å². The molecule has 0 fully saturated rings. The van der Waals surface area contributed by atoms with Crippen molar-refractivity contribution in [3.63, 3.8) is 0 Å². The smallest absolute Gasteiger partial charge is 0.0462 e. The molecule has 0 radical (unpaired) electrons. The number of methoxy groups -OCH3 is 1. The van der Waals surface area contributed by atoms with E-state index >= 15 is 0 Å². The van der Waals surface area contributed by atoms with E-state index < -0.39 is 0 Å². The summed E-state index contributed by atoms with van der Waals surface area (Å²) < 4.78 is 5.03. The molecule has 0 aliphatic rings. The van der Waals surface area contributed by atoms with Crippen LogP contribution < -0.4 is 11.3 Å². The molecule has 1 atom stereocenters. The average Bonchev–Trinajstić information content (AvgIpc) is 2.23. The molecule has 0 heterocycles. The van der Waals surface area contributed by atoms with E-state index in [9.17, 15) is 0 Å². The lowest BCUT2D eigenvalue weighted by atomic mass is 9.93. The first-order chi connectivity index (χ1) is 6.78. The van der Waals surface area contributed by atoms with Crippen molar-refractivity contribution in [3.05, 3.63) is 0 Å². The highest BCUT2D eigenvalue weighted by Crippen LogP contribution is 2.16. The van der Waals surface area contributed by atoms with Crippen molar-refractivity contribution < 1.29 is 4.74 Å². The third-order valence-electron chi connectivity index (χ3n) is 2.91. The molecule has 0 saturated carbocycles. The molecule has 86 valence electrons. The summed E-state index contributed by atoms with van der Waals surface area (Å²) in [5, 5.41) is 0. The molecule has 3 heteroatoms. The fraction of sp³-hybridized carbons (Fsp3) is 1.00. The van der Waals surface area contributed by atoms with Crippen molar-refractivity contribution in [2.24, 2.45) is 11.8 Å². The number of hydrogen-bond acceptors (Lipinski definition) is 3. The zero-order chi connectivity index (χ0) is 10.8. The average molecular weight is 202 g/mol. The molecular weight excluding hydrogens is 176 g/mol. The van der Waals surface area contributed by atoms with Crippen LogP contribution in [0.25, 0.3) is 0 Å². The van der Waals surface area contributed by atoms with E-state index in [1.165, 1.54) is 19.3 Å². The summed E-state index contributed by atoms with van der Waals surface area (Å²) in [7, 11) is 1.74. The molecule has 3 nitrogen and oxygen atoms in total. The normalized spacial score (nSPS) is 13.5. The molecule has 0 saturated heterocycles. The minimum atomic E-state index is 0.454. The molecule has 1 unspecified atom stereocenters. The van der Waals surface area contributed by atoms with Gasteiger partial charge in [-0.25, -0.2) is 0 Å². The number of hydrogen-bond donors (Lipinski definition) is 2. The van der Waals surface area contributed by atoms with Gasteiger partial charge in [0.1, 0.15) is 0 Å². The minimum Gasteiger partial charge on any atom is -0.385 e. The van der Waals surface area contributed by atoms with Gasteiger partial charge < -0.3 is 4.74 Å². The first kappa shape index (κ1) is 13.9. The zero-order valence-corrected chi connectivity index (χ0v) is 9.88. The maximum atomic E-state index is 5.52. The second kappa shape index (κ2) is 9.44. The first-order valence-corrected chi connectivity index (χ1v) is 5.73. The van der Waals surface area contributed by atoms with Gasteiger partial charge in [0.05, 0.1) is 0 Å². The summed E-state index contributed by atoms with van der Waals surface area (Å²) in [5.41, 5.74) is 2.90. The van der Waals surface area contributed by atoms with Crippen molar-refractivity contribution in [2.45, 2.75) is 52.0 Å². The predicted molar refractivity (Wildman–Crippen MR) is 60.9 cm³/mol. The quantitative estimate of drug-likeness (QED) is 0.342. The van der Waals surface area contributed by atoms with Gasteiger partial charge in [0.2, 0.25) is 0 Å². The van der Waals surface area contributed by atoms with Crippen LogP contribution in [0.15, 0.2) is 0 Å². The molecular formula is C11H26N2O. The monoisotopic (exact) mass is 202 g/mol. The van der Waals surface area contributed by atoms with E-state index in [0.29, 0.717) is 6.04 Å². The van der Waals surface area contributed by atoms with E-state index in [1.54, 1.807) is 7.11 Å². The molecule has 0 aromatic carbocycles. The maximum Gasteiger partial charge on any atom is 0.0462 e. The number of nitrogens with two attached hydrogens (primary N) is 1. The van der Waals surface area contributed by atoms with Gasteiger partial charge in [-0.05, 0) is 25.2 Å². The van der Waals surface area contributed by atoms with Crippen molar-refractivity contribution in [1.82, 2.24) is 5.43 Å². The Morgan fingerprint density at radius 2 is 1.93 bits per heavy atom. The predicted octanol–water partition coefficient (Wildman–Crippen LogP) is 2.07. The van der Waals surface area contributed by atoms with E-state index in [4.69, 9.17) is 10.6 Å². The van der Waals surface area contributed by atoms with Crippen LogP contribution in [0.2, 0.25) is 0 Å². The Kier molecular flexibility index (Phi) is 9.35. The SMILES string of the molecule is CCC(CC)CC(CCCOC)NN. The first-order valence-electron chi connectivity index (χ1n) is 5.73. The van der Waals surface area contributed by atoms with Gasteiger partial charge in [0, 0.05) is 19.8 Å². The summed E-state index contributed by atoms with van der Waals surface area (Å²) in [6, 6.07) is 0.454. The number of rotatable bonds is 9. The van der Waals surface area contributed by atoms with Crippen LogP contribution in [0, 0.1) is 5.92 Å². The van der Waals surface area contributed by atoms with E-state index in [1.807, 2.05) is 0 Å². The lowest BCUT2D eigenvalue weighted by molar-refractivity contribution is 0.186. The maximum absolute atomic E-state index is 5.52. The van der Waals surface area contributed by atoms with E-state index in [-0.39, 0.29) is 0 Å². The van der Waals surface area contributed by atoms with Gasteiger partial charge in [-0.15, -0.1) is 0 Å².